The van der Waals surface area contributed by atoms with Crippen LogP contribution >= 0.6 is 0 Å². The largest absolute Gasteiger partial charge is 0.465 e. The van der Waals surface area contributed by atoms with Gasteiger partial charge in [0.25, 0.3) is 0 Å². The summed E-state index contributed by atoms with van der Waals surface area (Å²) in [5.41, 5.74) is 8.16. The molecule has 16 heteroatoms. The molecule has 6 heterocycles. The molecule has 5 aliphatic carbocycles. The number of nitrogens with one attached hydrogen (secondary N) is 3. The van der Waals surface area contributed by atoms with E-state index < -0.39 is 24.3 Å². The number of aryl methyl sites for hydroxylation is 2. The zero-order valence-corrected chi connectivity index (χ0v) is 38.7. The first-order chi connectivity index (χ1) is 33.0. The van der Waals surface area contributed by atoms with E-state index in [9.17, 15) is 24.3 Å². The van der Waals surface area contributed by atoms with Gasteiger partial charge in [-0.15, -0.1) is 0 Å². The maximum atomic E-state index is 14.6. The number of fused-ring (bicyclic) bond motifs is 5. The molecule has 4 aliphatic heterocycles. The second-order valence-electron chi connectivity index (χ2n) is 21.7. The molecule has 4 amide bonds. The van der Waals surface area contributed by atoms with E-state index >= 15 is 0 Å². The van der Waals surface area contributed by atoms with Crippen LogP contribution in [-0.2, 0) is 36.6 Å². The number of H-pyrrole nitrogens is 2. The molecule has 0 radical (unpaired) electrons. The van der Waals surface area contributed by atoms with Crippen molar-refractivity contribution in [3.05, 3.63) is 71.6 Å². The monoisotopic (exact) mass is 924 g/mol. The predicted molar refractivity (Wildman–Crippen MR) is 247 cm³/mol. The molecule has 4 N–H and O–H groups in total. The van der Waals surface area contributed by atoms with Gasteiger partial charge in [-0.25, -0.2) is 19.6 Å². The third-order valence-electron chi connectivity index (χ3n) is 17.6. The van der Waals surface area contributed by atoms with E-state index in [-0.39, 0.29) is 59.0 Å². The molecule has 68 heavy (non-hydrogen) atoms. The fraction of sp³-hybridized carbons (Fsp3) is 0.577. The highest BCUT2D eigenvalue weighted by atomic mass is 16.5. The van der Waals surface area contributed by atoms with Gasteiger partial charge in [0, 0.05) is 43.6 Å². The lowest BCUT2D eigenvalue weighted by atomic mass is 9.85. The van der Waals surface area contributed by atoms with Gasteiger partial charge in [0.15, 0.2) is 0 Å². The fourth-order valence-electron chi connectivity index (χ4n) is 13.3. The number of hydrogen-bond donors (Lipinski definition) is 4. The maximum absolute atomic E-state index is 14.6. The van der Waals surface area contributed by atoms with Crippen LogP contribution in [0.25, 0.3) is 33.6 Å². The van der Waals surface area contributed by atoms with Crippen LogP contribution in [0, 0.1) is 23.7 Å². The summed E-state index contributed by atoms with van der Waals surface area (Å²) in [6.07, 6.45) is 12.3. The first-order valence-electron chi connectivity index (χ1n) is 25.1. The van der Waals surface area contributed by atoms with Crippen LogP contribution in [0.15, 0.2) is 48.7 Å². The number of ether oxygens (including phenoxy) is 3. The third kappa shape index (κ3) is 7.22. The molecule has 13 rings (SSSR count). The number of aromatic amines is 2. The molecule has 10 atom stereocenters. The smallest absolute Gasteiger partial charge is 0.407 e. The molecule has 356 valence electrons. The third-order valence-corrected chi connectivity index (χ3v) is 17.6. The van der Waals surface area contributed by atoms with Crippen molar-refractivity contribution in [3.8, 4) is 33.6 Å². The van der Waals surface area contributed by atoms with E-state index in [4.69, 9.17) is 24.2 Å². The highest BCUT2D eigenvalue weighted by molar-refractivity contribution is 5.88. The standard InChI is InChI=1S/C52H60N8O8/c1-58(50(64)65)44(32-12-18-68-52(25-32)15-16-52)48(62)60-39-21-33(39)22-40(60)45-53-26-37(55-45)28-5-3-27(4-6-28)29-7-9-35-30(19-29)8-10-36-43(35)56-46(54-36)41-23-34-20-38(34)59(41)47(61)42(57-49(63)66-2)31-11-17-67-51(24-31)13-14-51/h3-7,9,19,26,31-34,38-42,44H,8,10-18,20-25H2,1-2H3,(H,53,55)(H,54,56)(H,57,63)(H,64,65)/t31?,32?,33-,34-,38-,39-,40+,41+,42?,44?/m1/s1. The number of likely N-dealkylation sites (N-methyl/N-ethyl adjacent to an activating group) is 1. The minimum absolute atomic E-state index is 0.0127. The highest BCUT2D eigenvalue weighted by Crippen LogP contribution is 2.57. The summed E-state index contributed by atoms with van der Waals surface area (Å²) in [5.74, 6) is 2.17. The number of piperidine rings is 2. The number of aromatic nitrogens is 4. The summed E-state index contributed by atoms with van der Waals surface area (Å²) in [5, 5.41) is 13.1. The molecule has 16 nitrogen and oxygen atoms in total. The minimum atomic E-state index is -1.08. The molecule has 4 saturated carbocycles. The average molecular weight is 925 g/mol. The van der Waals surface area contributed by atoms with Crippen molar-refractivity contribution >= 4 is 24.0 Å². The Bertz CT molecular complexity index is 2710. The van der Waals surface area contributed by atoms with E-state index in [0.717, 1.165) is 134 Å². The number of imidazole rings is 2. The van der Waals surface area contributed by atoms with Crippen LogP contribution in [0.1, 0.15) is 112 Å². The lowest BCUT2D eigenvalue weighted by molar-refractivity contribution is -0.143. The van der Waals surface area contributed by atoms with E-state index in [2.05, 4.69) is 57.7 Å². The van der Waals surface area contributed by atoms with Crippen LogP contribution in [0.4, 0.5) is 9.59 Å². The van der Waals surface area contributed by atoms with Crippen molar-refractivity contribution in [2.45, 2.75) is 137 Å². The predicted octanol–water partition coefficient (Wildman–Crippen LogP) is 7.18. The molecule has 2 aromatic carbocycles. The van der Waals surface area contributed by atoms with Crippen molar-refractivity contribution < 1.29 is 38.5 Å². The Balaban J connectivity index is 0.708. The summed E-state index contributed by atoms with van der Waals surface area (Å²) < 4.78 is 17.2. The molecular formula is C52H60N8O8. The summed E-state index contributed by atoms with van der Waals surface area (Å²) in [6.45, 7) is 1.15. The molecule has 4 aromatic rings. The normalized spacial score (nSPS) is 30.4. The van der Waals surface area contributed by atoms with E-state index in [1.54, 1.807) is 0 Å². The summed E-state index contributed by atoms with van der Waals surface area (Å²) in [4.78, 5) is 76.7. The molecule has 9 aliphatic rings. The number of carbonyl (C=O) groups is 4. The molecular weight excluding hydrogens is 865 g/mol. The van der Waals surface area contributed by atoms with Gasteiger partial charge in [-0.1, -0.05) is 42.5 Å². The highest BCUT2D eigenvalue weighted by Gasteiger charge is 2.60. The second kappa shape index (κ2) is 15.6. The lowest BCUT2D eigenvalue weighted by Crippen LogP contribution is -2.55. The van der Waals surface area contributed by atoms with E-state index in [0.29, 0.717) is 31.5 Å². The van der Waals surface area contributed by atoms with Gasteiger partial charge in [-0.2, -0.15) is 0 Å². The quantitative estimate of drug-likeness (QED) is 0.127. The number of hydrogen-bond acceptors (Lipinski definition) is 9. The minimum Gasteiger partial charge on any atom is -0.465 e. The summed E-state index contributed by atoms with van der Waals surface area (Å²) >= 11 is 0. The van der Waals surface area contributed by atoms with Crippen LogP contribution in [0.5, 0.6) is 0 Å². The summed E-state index contributed by atoms with van der Waals surface area (Å²) in [7, 11) is 2.88. The number of carboxylic acid groups (broad SMARTS) is 1. The number of likely N-dealkylation sites (tertiary alicyclic amines) is 2. The zero-order valence-electron chi connectivity index (χ0n) is 38.7. The van der Waals surface area contributed by atoms with Gasteiger partial charge in [0.05, 0.1) is 48.0 Å². The Morgan fingerprint density at radius 3 is 2.12 bits per heavy atom. The number of benzene rings is 2. The number of amides is 4. The van der Waals surface area contributed by atoms with E-state index in [1.807, 2.05) is 16.0 Å². The van der Waals surface area contributed by atoms with Gasteiger partial charge in [-0.3, -0.25) is 14.5 Å². The van der Waals surface area contributed by atoms with Gasteiger partial charge < -0.3 is 44.4 Å². The van der Waals surface area contributed by atoms with Gasteiger partial charge in [-0.05, 0) is 136 Å². The Kier molecular flexibility index (Phi) is 9.75. The molecule has 4 saturated heterocycles. The number of carbonyl (C=O) groups excluding carboxylic acids is 3. The number of rotatable bonds is 10. The van der Waals surface area contributed by atoms with Crippen molar-refractivity contribution in [1.82, 2.24) is 40.0 Å². The van der Waals surface area contributed by atoms with Crippen LogP contribution < -0.4 is 5.32 Å². The van der Waals surface area contributed by atoms with Crippen LogP contribution in [-0.4, -0.2) is 126 Å². The lowest BCUT2D eigenvalue weighted by Gasteiger charge is -2.40. The molecule has 2 spiro atoms. The maximum Gasteiger partial charge on any atom is 0.407 e. The van der Waals surface area contributed by atoms with Gasteiger partial charge >= 0.3 is 12.2 Å². The Morgan fingerprint density at radius 2 is 1.44 bits per heavy atom. The van der Waals surface area contributed by atoms with Gasteiger partial charge in [0.1, 0.15) is 23.7 Å². The van der Waals surface area contributed by atoms with Crippen molar-refractivity contribution in [2.24, 2.45) is 23.7 Å². The molecule has 8 fully saturated rings. The number of nitrogens with zero attached hydrogens (tertiary/aromatic N) is 5. The van der Waals surface area contributed by atoms with Gasteiger partial charge in [0.2, 0.25) is 11.8 Å². The molecule has 4 unspecified atom stereocenters. The second-order valence-corrected chi connectivity index (χ2v) is 21.7. The van der Waals surface area contributed by atoms with E-state index in [1.165, 1.54) is 24.6 Å². The number of alkyl carbamates (subject to hydrolysis) is 1. The van der Waals surface area contributed by atoms with Crippen molar-refractivity contribution in [3.63, 3.8) is 0 Å². The fourth-order valence-corrected chi connectivity index (χ4v) is 13.3. The topological polar surface area (TPSA) is 195 Å². The Labute approximate surface area is 394 Å². The van der Waals surface area contributed by atoms with Crippen molar-refractivity contribution in [1.29, 1.82) is 0 Å². The van der Waals surface area contributed by atoms with Crippen LogP contribution in [0.3, 0.4) is 0 Å². The first-order valence-corrected chi connectivity index (χ1v) is 25.1. The molecule has 0 bridgehead atoms. The zero-order chi connectivity index (χ0) is 46.2. The SMILES string of the molecule is COC(=O)NC(C(=O)N1[C@@H]2C[C@@H]2C[C@H]1c1nc2c([nH]1)CCc1cc(-c3ccc(-c4cnc([C@@H]5C[C@H]6C[C@H]6N5C(=O)C(C5CCOC6(CC6)C5)N(C)C(=O)O)[nH]4)cc3)ccc1-2)C1CCOC2(CC2)C1. The first kappa shape index (κ1) is 42.4. The van der Waals surface area contributed by atoms with Crippen LogP contribution in [0.2, 0.25) is 0 Å². The average Bonchev–Trinajstić information content (AvgIpc) is 4.34. The Hall–Kier alpha value is -5.74. The summed E-state index contributed by atoms with van der Waals surface area (Å²) in [6, 6.07) is 13.5. The Morgan fingerprint density at radius 1 is 0.809 bits per heavy atom. The number of methoxy groups -OCH3 is 1. The van der Waals surface area contributed by atoms with Crippen molar-refractivity contribution in [2.75, 3.05) is 27.4 Å². The molecule has 2 aromatic heterocycles.